The highest BCUT2D eigenvalue weighted by Crippen LogP contribution is 2.40. The Morgan fingerprint density at radius 3 is 2.83 bits per heavy atom. The average Bonchev–Trinajstić information content (AvgIpc) is 3.35. The van der Waals surface area contributed by atoms with Gasteiger partial charge in [0.2, 0.25) is 0 Å². The molecule has 1 aliphatic heterocycles. The molecule has 0 amide bonds. The molecule has 1 fully saturated rings. The number of hydrogen-bond acceptors (Lipinski definition) is 10. The van der Waals surface area contributed by atoms with Gasteiger partial charge in [-0.2, -0.15) is 5.10 Å². The van der Waals surface area contributed by atoms with Crippen LogP contribution >= 0.6 is 19.2 Å². The summed E-state index contributed by atoms with van der Waals surface area (Å²) < 4.78 is 41.6. The number of rotatable bonds is 9. The Kier molecular flexibility index (Phi) is 7.71. The number of hydrogen-bond donors (Lipinski definition) is 5. The quantitative estimate of drug-likeness (QED) is 0.155. The minimum atomic E-state index is -4.13. The first-order valence-corrected chi connectivity index (χ1v) is 12.6. The number of aliphatic hydroxyl groups excluding tert-OH is 2. The zero-order chi connectivity index (χ0) is 25.3. The van der Waals surface area contributed by atoms with Gasteiger partial charge in [0, 0.05) is 5.56 Å². The van der Waals surface area contributed by atoms with Gasteiger partial charge in [-0.3, -0.25) is 4.57 Å². The predicted octanol–water partition coefficient (Wildman–Crippen LogP) is 2.07. The Labute approximate surface area is 203 Å². The van der Waals surface area contributed by atoms with Crippen LogP contribution in [0.5, 0.6) is 0 Å². The fraction of sp³-hybridized carbons (Fsp3) is 0.400. The first-order chi connectivity index (χ1) is 16.6. The van der Waals surface area contributed by atoms with Gasteiger partial charge in [-0.15, -0.1) is 0 Å². The molecule has 35 heavy (non-hydrogen) atoms. The lowest BCUT2D eigenvalue weighted by Crippen LogP contribution is -2.34. The van der Waals surface area contributed by atoms with Crippen molar-refractivity contribution in [2.75, 3.05) is 18.3 Å². The van der Waals surface area contributed by atoms with Crippen molar-refractivity contribution in [2.45, 2.75) is 37.5 Å². The van der Waals surface area contributed by atoms with E-state index in [-0.39, 0.29) is 23.2 Å². The van der Waals surface area contributed by atoms with E-state index in [0.717, 1.165) is 0 Å². The van der Waals surface area contributed by atoms with Gasteiger partial charge >= 0.3 is 7.60 Å². The largest absolute Gasteiger partial charge is 0.387 e. The highest BCUT2D eigenvalue weighted by atomic mass is 35.5. The van der Waals surface area contributed by atoms with E-state index in [2.05, 4.69) is 20.0 Å². The number of aliphatic hydroxyl groups is 2. The first kappa shape index (κ1) is 25.9. The molecule has 15 heteroatoms. The number of nitrogens with two attached hydrogens (primary N) is 1. The molecule has 0 bridgehead atoms. The van der Waals surface area contributed by atoms with E-state index in [4.69, 9.17) is 27.0 Å². The van der Waals surface area contributed by atoms with E-state index in [9.17, 15) is 24.1 Å². The maximum atomic E-state index is 14.2. The van der Waals surface area contributed by atoms with Crippen LogP contribution in [0.3, 0.4) is 0 Å². The summed E-state index contributed by atoms with van der Waals surface area (Å²) in [5.74, 6) is 4.36. The third kappa shape index (κ3) is 5.48. The molecule has 190 valence electrons. The van der Waals surface area contributed by atoms with E-state index in [0.29, 0.717) is 16.6 Å². The second-order valence-electron chi connectivity index (χ2n) is 8.00. The molecule has 1 aromatic carbocycles. The molecule has 0 saturated carbocycles. The molecule has 0 spiro atoms. The van der Waals surface area contributed by atoms with Crippen molar-refractivity contribution in [1.82, 2.24) is 14.8 Å². The van der Waals surface area contributed by atoms with Gasteiger partial charge in [0.1, 0.15) is 35.6 Å². The minimum Gasteiger partial charge on any atom is -0.387 e. The molecular formula is C20H24ClFN5O7P. The fourth-order valence-corrected chi connectivity index (χ4v) is 4.40. The number of pyridine rings is 1. The lowest BCUT2D eigenvalue weighted by atomic mass is 10.1. The van der Waals surface area contributed by atoms with E-state index >= 15 is 0 Å². The third-order valence-corrected chi connectivity index (χ3v) is 6.59. The van der Waals surface area contributed by atoms with Crippen LogP contribution in [-0.2, 0) is 18.7 Å². The molecule has 6 atom stereocenters. The van der Waals surface area contributed by atoms with Gasteiger partial charge in [0.25, 0.3) is 0 Å². The number of halogens is 2. The lowest BCUT2D eigenvalue weighted by Gasteiger charge is -2.18. The molecule has 3 aromatic rings. The lowest BCUT2D eigenvalue weighted by molar-refractivity contribution is -0.0661. The minimum absolute atomic E-state index is 0.107. The van der Waals surface area contributed by atoms with Crippen LogP contribution in [0.4, 0.5) is 10.1 Å². The summed E-state index contributed by atoms with van der Waals surface area (Å²) in [5, 5.41) is 29.0. The molecule has 0 aliphatic carbocycles. The topological polar surface area (TPSA) is 174 Å². The Bertz CT molecular complexity index is 1250. The van der Waals surface area contributed by atoms with Crippen LogP contribution in [0.2, 0.25) is 5.15 Å². The first-order valence-electron chi connectivity index (χ1n) is 10.5. The van der Waals surface area contributed by atoms with Crippen LogP contribution < -0.4 is 11.2 Å². The molecule has 6 N–H and O–H groups in total. The highest BCUT2D eigenvalue weighted by molar-refractivity contribution is 7.52. The second-order valence-corrected chi connectivity index (χ2v) is 10.1. The Balaban J connectivity index is 1.56. The second kappa shape index (κ2) is 10.4. The Hall–Kier alpha value is -2.19. The Morgan fingerprint density at radius 2 is 2.11 bits per heavy atom. The molecule has 4 rings (SSSR count). The molecular weight excluding hydrogens is 508 g/mol. The average molecular weight is 532 g/mol. The van der Waals surface area contributed by atoms with Crippen molar-refractivity contribution < 1.29 is 38.2 Å². The molecule has 1 aliphatic rings. The number of aromatic nitrogens is 3. The van der Waals surface area contributed by atoms with E-state index in [1.54, 1.807) is 31.2 Å². The zero-order valence-corrected chi connectivity index (χ0v) is 20.0. The maximum Gasteiger partial charge on any atom is 0.369 e. The smallest absolute Gasteiger partial charge is 0.369 e. The molecule has 1 unspecified atom stereocenters. The van der Waals surface area contributed by atoms with Crippen LogP contribution in [0.1, 0.15) is 24.8 Å². The molecule has 12 nitrogen and oxygen atoms in total. The molecule has 2 aromatic heterocycles. The van der Waals surface area contributed by atoms with Crippen molar-refractivity contribution in [1.29, 1.82) is 0 Å². The number of benzene rings is 1. The maximum absolute atomic E-state index is 14.2. The number of nitrogens with one attached hydrogen (secondary N) is 1. The van der Waals surface area contributed by atoms with E-state index in [1.165, 1.54) is 16.9 Å². The van der Waals surface area contributed by atoms with E-state index in [1.807, 2.05) is 0 Å². The summed E-state index contributed by atoms with van der Waals surface area (Å²) >= 11 is 6.23. The summed E-state index contributed by atoms with van der Waals surface area (Å²) in [5.41, 5.74) is 1.22. The van der Waals surface area contributed by atoms with Crippen molar-refractivity contribution in [3.05, 3.63) is 53.1 Å². The van der Waals surface area contributed by atoms with Crippen LogP contribution in [0.15, 0.2) is 36.5 Å². The number of anilines is 1. The van der Waals surface area contributed by atoms with Gasteiger partial charge < -0.3 is 29.9 Å². The van der Waals surface area contributed by atoms with Gasteiger partial charge in [0.15, 0.2) is 11.9 Å². The van der Waals surface area contributed by atoms with Crippen molar-refractivity contribution >= 4 is 35.9 Å². The summed E-state index contributed by atoms with van der Waals surface area (Å²) in [6.45, 7) is 1.46. The molecule has 0 radical (unpaired) electrons. The van der Waals surface area contributed by atoms with Crippen LogP contribution in [0, 0.1) is 5.82 Å². The van der Waals surface area contributed by atoms with E-state index < -0.39 is 44.5 Å². The Morgan fingerprint density at radius 1 is 1.37 bits per heavy atom. The normalized spacial score (nSPS) is 25.0. The summed E-state index contributed by atoms with van der Waals surface area (Å²) in [7, 11) is -4.13. The number of fused-ring (bicyclic) bond motifs is 1. The predicted molar refractivity (Wildman–Crippen MR) is 123 cm³/mol. The van der Waals surface area contributed by atoms with Gasteiger partial charge in [-0.1, -0.05) is 29.8 Å². The van der Waals surface area contributed by atoms with Gasteiger partial charge in [-0.25, -0.2) is 24.6 Å². The number of nitrogens with zero attached hydrogens (tertiary/aromatic N) is 3. The van der Waals surface area contributed by atoms with Gasteiger partial charge in [0.05, 0.1) is 29.9 Å². The van der Waals surface area contributed by atoms with Crippen molar-refractivity contribution in [3.8, 4) is 0 Å². The molecule has 3 heterocycles. The summed E-state index contributed by atoms with van der Waals surface area (Å²) in [6, 6.07) is 7.52. The SMILES string of the molecule is C[C@H](Nc1cc(Cl)nc2c1cnn2[C@H]1O[C@H](COCP(=O)(O)ON)[C@@H](O)[C@H]1O)c1ccccc1F. The molecule has 1 saturated heterocycles. The standard InChI is InChI=1S/C20H24ClFN5O7P/c1-10(11-4-2-3-5-13(11)22)25-14-6-16(21)26-19-12(14)7-24-27(19)20-18(29)17(28)15(33-20)8-32-9-35(30,31)34-23/h2-7,10,15,17-18,20,28-29H,8-9,23H2,1H3,(H,25,26)(H,30,31)/t10-,15+,17+,18+,20-/m0/s1. The summed E-state index contributed by atoms with van der Waals surface area (Å²) in [4.78, 5) is 13.6. The van der Waals surface area contributed by atoms with Crippen LogP contribution in [0.25, 0.3) is 11.0 Å². The number of ether oxygens (including phenoxy) is 2. The third-order valence-electron chi connectivity index (χ3n) is 5.56. The monoisotopic (exact) mass is 531 g/mol. The van der Waals surface area contributed by atoms with Crippen LogP contribution in [-0.4, -0.2) is 61.1 Å². The fourth-order valence-electron chi connectivity index (χ4n) is 3.81. The highest BCUT2D eigenvalue weighted by Gasteiger charge is 2.45. The van der Waals surface area contributed by atoms with Gasteiger partial charge in [-0.05, 0) is 19.1 Å². The van der Waals surface area contributed by atoms with Crippen molar-refractivity contribution in [2.24, 2.45) is 5.90 Å². The summed E-state index contributed by atoms with van der Waals surface area (Å²) in [6.07, 6.45) is -4.28. The zero-order valence-electron chi connectivity index (χ0n) is 18.4. The van der Waals surface area contributed by atoms with Crippen molar-refractivity contribution in [3.63, 3.8) is 0 Å².